The van der Waals surface area contributed by atoms with Crippen LogP contribution in [-0.4, -0.2) is 40.0 Å². The molecule has 2 aromatic rings. The molecule has 1 aromatic heterocycles. The monoisotopic (exact) mass is 372 g/mol. The van der Waals surface area contributed by atoms with Crippen LogP contribution in [0, 0.1) is 0 Å². The lowest BCUT2D eigenvalue weighted by Crippen LogP contribution is -2.43. The van der Waals surface area contributed by atoms with Gasteiger partial charge in [0.1, 0.15) is 17.1 Å². The Morgan fingerprint density at radius 3 is 2.48 bits per heavy atom. The first-order chi connectivity index (χ1) is 12.8. The second-order valence-electron chi connectivity index (χ2n) is 6.79. The average Bonchev–Trinajstić information content (AvgIpc) is 3.13. The molecule has 0 aliphatic carbocycles. The fourth-order valence-corrected chi connectivity index (χ4v) is 3.60. The fourth-order valence-electron chi connectivity index (χ4n) is 3.60. The molecule has 1 fully saturated rings. The van der Waals surface area contributed by atoms with Crippen LogP contribution in [0.25, 0.3) is 0 Å². The van der Waals surface area contributed by atoms with Crippen LogP contribution in [-0.2, 0) is 14.1 Å². The molecule has 0 spiro atoms. The zero-order chi connectivity index (χ0) is 19.7. The lowest BCUT2D eigenvalue weighted by molar-refractivity contribution is 0.0919. The first kappa shape index (κ1) is 18.9. The SMILES string of the molecule is COc1ccc(C2CCCN2CC(=O)c2c(N)n(C)c(=O)n(C)c2=O)cc1. The van der Waals surface area contributed by atoms with Crippen LogP contribution in [0.2, 0.25) is 0 Å². The summed E-state index contributed by atoms with van der Waals surface area (Å²) in [6, 6.07) is 7.87. The smallest absolute Gasteiger partial charge is 0.332 e. The van der Waals surface area contributed by atoms with Crippen molar-refractivity contribution in [1.29, 1.82) is 0 Å². The number of Topliss-reactive ketones (excluding diaryl/α,β-unsaturated/α-hetero) is 1. The average molecular weight is 372 g/mol. The van der Waals surface area contributed by atoms with Crippen LogP contribution >= 0.6 is 0 Å². The topological polar surface area (TPSA) is 99.6 Å². The number of rotatable bonds is 5. The molecule has 0 radical (unpaired) electrons. The van der Waals surface area contributed by atoms with Crippen molar-refractivity contribution < 1.29 is 9.53 Å². The third-order valence-corrected chi connectivity index (χ3v) is 5.20. The van der Waals surface area contributed by atoms with Crippen molar-refractivity contribution in [2.24, 2.45) is 14.1 Å². The number of carbonyl (C=O) groups is 1. The molecule has 1 aromatic carbocycles. The van der Waals surface area contributed by atoms with E-state index >= 15 is 0 Å². The Morgan fingerprint density at radius 1 is 1.19 bits per heavy atom. The normalized spacial score (nSPS) is 17.2. The van der Waals surface area contributed by atoms with Gasteiger partial charge in [0.05, 0.1) is 13.7 Å². The van der Waals surface area contributed by atoms with Gasteiger partial charge in [-0.05, 0) is 37.1 Å². The highest BCUT2D eigenvalue weighted by Crippen LogP contribution is 2.32. The Bertz CT molecular complexity index is 975. The molecule has 1 atom stereocenters. The number of nitrogens with two attached hydrogens (primary N) is 1. The lowest BCUT2D eigenvalue weighted by Gasteiger charge is -2.24. The highest BCUT2D eigenvalue weighted by Gasteiger charge is 2.30. The summed E-state index contributed by atoms with van der Waals surface area (Å²) in [4.78, 5) is 39.3. The van der Waals surface area contributed by atoms with Crippen LogP contribution in [0.15, 0.2) is 33.9 Å². The summed E-state index contributed by atoms with van der Waals surface area (Å²) in [6.45, 7) is 0.836. The van der Waals surface area contributed by atoms with E-state index in [1.807, 2.05) is 29.2 Å². The second-order valence-corrected chi connectivity index (χ2v) is 6.79. The Labute approximate surface area is 156 Å². The van der Waals surface area contributed by atoms with Crippen molar-refractivity contribution in [3.8, 4) is 5.75 Å². The predicted octanol–water partition coefficient (Wildman–Crippen LogP) is 0.695. The molecule has 27 heavy (non-hydrogen) atoms. The second kappa shape index (κ2) is 7.40. The number of aromatic nitrogens is 2. The molecule has 8 heteroatoms. The number of likely N-dealkylation sites (tertiary alicyclic amines) is 1. The maximum Gasteiger partial charge on any atom is 0.332 e. The highest BCUT2D eigenvalue weighted by molar-refractivity contribution is 6.01. The van der Waals surface area contributed by atoms with Gasteiger partial charge in [-0.25, -0.2) is 4.79 Å². The molecule has 144 valence electrons. The van der Waals surface area contributed by atoms with Crippen molar-refractivity contribution in [3.63, 3.8) is 0 Å². The van der Waals surface area contributed by atoms with Gasteiger partial charge >= 0.3 is 5.69 Å². The number of hydrogen-bond acceptors (Lipinski definition) is 6. The molecule has 1 aliphatic heterocycles. The standard InChI is InChI=1S/C19H24N4O4/c1-21-17(20)16(18(25)22(2)19(21)26)15(24)11-23-10-4-5-14(23)12-6-8-13(27-3)9-7-12/h6-9,14H,4-5,10-11,20H2,1-3H3. The van der Waals surface area contributed by atoms with Crippen molar-refractivity contribution in [1.82, 2.24) is 14.0 Å². The molecule has 1 unspecified atom stereocenters. The third-order valence-electron chi connectivity index (χ3n) is 5.20. The van der Waals surface area contributed by atoms with Gasteiger partial charge in [-0.3, -0.25) is 23.6 Å². The Morgan fingerprint density at radius 2 is 1.85 bits per heavy atom. The summed E-state index contributed by atoms with van der Waals surface area (Å²) in [5.41, 5.74) is 5.68. The van der Waals surface area contributed by atoms with Gasteiger partial charge in [-0.15, -0.1) is 0 Å². The van der Waals surface area contributed by atoms with E-state index in [9.17, 15) is 14.4 Å². The van der Waals surface area contributed by atoms with Crippen LogP contribution in [0.1, 0.15) is 34.8 Å². The van der Waals surface area contributed by atoms with Gasteiger partial charge in [-0.2, -0.15) is 0 Å². The number of methoxy groups -OCH3 is 1. The van der Waals surface area contributed by atoms with Crippen molar-refractivity contribution in [3.05, 3.63) is 56.2 Å². The molecule has 1 saturated heterocycles. The minimum absolute atomic E-state index is 0.0777. The molecule has 0 saturated carbocycles. The van der Waals surface area contributed by atoms with Crippen molar-refractivity contribution >= 4 is 11.6 Å². The maximum absolute atomic E-state index is 12.9. The molecular weight excluding hydrogens is 348 g/mol. The Kier molecular flexibility index (Phi) is 5.18. The van der Waals surface area contributed by atoms with Gasteiger partial charge in [0.2, 0.25) is 0 Å². The number of ketones is 1. The summed E-state index contributed by atoms with van der Waals surface area (Å²) in [5.74, 6) is 0.318. The fraction of sp³-hybridized carbons (Fsp3) is 0.421. The first-order valence-electron chi connectivity index (χ1n) is 8.81. The molecule has 3 rings (SSSR count). The van der Waals surface area contributed by atoms with E-state index in [-0.39, 0.29) is 29.8 Å². The number of nitrogen functional groups attached to an aromatic ring is 1. The van der Waals surface area contributed by atoms with Crippen molar-refractivity contribution in [2.45, 2.75) is 18.9 Å². The predicted molar refractivity (Wildman–Crippen MR) is 102 cm³/mol. The number of hydrogen-bond donors (Lipinski definition) is 1. The number of nitrogens with zero attached hydrogens (tertiary/aromatic N) is 3. The Balaban J connectivity index is 1.87. The van der Waals surface area contributed by atoms with Crippen molar-refractivity contribution in [2.75, 3.05) is 25.9 Å². The number of carbonyl (C=O) groups excluding carboxylic acids is 1. The largest absolute Gasteiger partial charge is 0.497 e. The summed E-state index contributed by atoms with van der Waals surface area (Å²) in [6.07, 6.45) is 1.89. The van der Waals surface area contributed by atoms with Gasteiger partial charge in [0, 0.05) is 20.1 Å². The minimum Gasteiger partial charge on any atom is -0.497 e. The van der Waals surface area contributed by atoms with Crippen LogP contribution in [0.4, 0.5) is 5.82 Å². The summed E-state index contributed by atoms with van der Waals surface area (Å²) in [5, 5.41) is 0. The van der Waals surface area contributed by atoms with Crippen LogP contribution < -0.4 is 21.7 Å². The molecule has 2 N–H and O–H groups in total. The van der Waals surface area contributed by atoms with E-state index in [2.05, 4.69) is 0 Å². The quantitative estimate of drug-likeness (QED) is 0.776. The van der Waals surface area contributed by atoms with E-state index in [1.165, 1.54) is 14.1 Å². The van der Waals surface area contributed by atoms with Gasteiger partial charge in [0.15, 0.2) is 5.78 Å². The molecular formula is C19H24N4O4. The van der Waals surface area contributed by atoms with E-state index in [4.69, 9.17) is 10.5 Å². The number of benzene rings is 1. The zero-order valence-corrected chi connectivity index (χ0v) is 15.8. The first-order valence-corrected chi connectivity index (χ1v) is 8.81. The summed E-state index contributed by atoms with van der Waals surface area (Å²) < 4.78 is 7.23. The highest BCUT2D eigenvalue weighted by atomic mass is 16.5. The third kappa shape index (κ3) is 3.40. The number of ether oxygens (including phenoxy) is 1. The van der Waals surface area contributed by atoms with E-state index in [0.717, 1.165) is 39.8 Å². The van der Waals surface area contributed by atoms with E-state index in [1.54, 1.807) is 7.11 Å². The zero-order valence-electron chi connectivity index (χ0n) is 15.8. The molecule has 0 bridgehead atoms. The van der Waals surface area contributed by atoms with Crippen LogP contribution in [0.5, 0.6) is 5.75 Å². The molecule has 1 aliphatic rings. The van der Waals surface area contributed by atoms with Gasteiger partial charge in [-0.1, -0.05) is 12.1 Å². The lowest BCUT2D eigenvalue weighted by atomic mass is 10.0. The maximum atomic E-state index is 12.9. The molecule has 8 nitrogen and oxygen atoms in total. The summed E-state index contributed by atoms with van der Waals surface area (Å²) in [7, 11) is 4.41. The van der Waals surface area contributed by atoms with Crippen LogP contribution in [0.3, 0.4) is 0 Å². The Hall–Kier alpha value is -2.87. The van der Waals surface area contributed by atoms with E-state index in [0.29, 0.717) is 0 Å². The molecule has 2 heterocycles. The minimum atomic E-state index is -0.652. The van der Waals surface area contributed by atoms with Gasteiger partial charge < -0.3 is 10.5 Å². The van der Waals surface area contributed by atoms with Gasteiger partial charge in [0.25, 0.3) is 5.56 Å². The summed E-state index contributed by atoms with van der Waals surface area (Å²) >= 11 is 0. The number of anilines is 1. The van der Waals surface area contributed by atoms with E-state index < -0.39 is 11.2 Å². The molecule has 0 amide bonds.